The van der Waals surface area contributed by atoms with Gasteiger partial charge in [0.2, 0.25) is 0 Å². The molecule has 0 fully saturated rings. The molecule has 0 spiro atoms. The molecular formula is C32H52. The Bertz CT molecular complexity index is 724. The molecule has 0 radical (unpaired) electrons. The summed E-state index contributed by atoms with van der Waals surface area (Å²) in [5.41, 5.74) is 8.34. The second-order valence-electron chi connectivity index (χ2n) is 7.84. The number of benzene rings is 1. The Labute approximate surface area is 202 Å². The highest BCUT2D eigenvalue weighted by molar-refractivity contribution is 5.70. The van der Waals surface area contributed by atoms with Gasteiger partial charge in [-0.05, 0) is 68.9 Å². The number of allylic oxidation sites excluding steroid dienone is 6. The van der Waals surface area contributed by atoms with Gasteiger partial charge in [0.25, 0.3) is 0 Å². The molecule has 1 aliphatic rings. The molecule has 180 valence electrons. The highest BCUT2D eigenvalue weighted by atomic mass is 14.1. The van der Waals surface area contributed by atoms with E-state index < -0.39 is 0 Å². The zero-order valence-corrected chi connectivity index (χ0v) is 23.1. The van der Waals surface area contributed by atoms with Crippen molar-refractivity contribution < 1.29 is 0 Å². The van der Waals surface area contributed by atoms with Crippen LogP contribution in [-0.2, 0) is 0 Å². The largest absolute Gasteiger partial charge is 0.115 e. The van der Waals surface area contributed by atoms with E-state index >= 15 is 0 Å². The molecule has 0 heteroatoms. The van der Waals surface area contributed by atoms with Crippen molar-refractivity contribution in [3.05, 3.63) is 71.3 Å². The molecule has 0 saturated carbocycles. The number of aryl methyl sites for hydroxylation is 1. The van der Waals surface area contributed by atoms with E-state index in [0.717, 1.165) is 29.6 Å². The van der Waals surface area contributed by atoms with Gasteiger partial charge in [-0.3, -0.25) is 0 Å². The molecule has 0 saturated heterocycles. The van der Waals surface area contributed by atoms with E-state index in [1.165, 1.54) is 47.9 Å². The smallest absolute Gasteiger partial charge is 0.00497 e. The van der Waals surface area contributed by atoms with Gasteiger partial charge in [-0.1, -0.05) is 122 Å². The lowest BCUT2D eigenvalue weighted by molar-refractivity contribution is 0.886. The second-order valence-corrected chi connectivity index (χ2v) is 7.84. The van der Waals surface area contributed by atoms with Crippen LogP contribution >= 0.6 is 0 Å². The van der Waals surface area contributed by atoms with Crippen molar-refractivity contribution in [3.63, 3.8) is 0 Å². The van der Waals surface area contributed by atoms with E-state index in [-0.39, 0.29) is 0 Å². The molecule has 0 heterocycles. The van der Waals surface area contributed by atoms with Crippen molar-refractivity contribution in [1.82, 2.24) is 0 Å². The standard InChI is InChI=1S/C13H16.C9H10.2C4H10.C2H6/c1-9(2)12-7-6-11(5)13(8-12)10(3)4;1-3-9-7-5-4-6-8(9)2;2*1-3-4-2;1-2/h6-8H,1,3H2,2,4-5H3;1,4,6H,5,7H2,2H3;2*3-4H2,1-2H3;1-2H3. The minimum atomic E-state index is 1.05. The van der Waals surface area contributed by atoms with Gasteiger partial charge in [-0.15, -0.1) is 6.42 Å². The molecule has 0 nitrogen and oxygen atoms in total. The molecule has 0 atom stereocenters. The molecule has 0 N–H and O–H groups in total. The minimum absolute atomic E-state index is 1.05. The molecule has 2 rings (SSSR count). The van der Waals surface area contributed by atoms with Crippen molar-refractivity contribution in [3.8, 4) is 12.3 Å². The van der Waals surface area contributed by atoms with Gasteiger partial charge in [0, 0.05) is 5.57 Å². The molecule has 1 aliphatic carbocycles. The number of hydrogen-bond donors (Lipinski definition) is 0. The fourth-order valence-corrected chi connectivity index (χ4v) is 2.32. The maximum absolute atomic E-state index is 5.25. The third kappa shape index (κ3) is 17.4. The number of unbranched alkanes of at least 4 members (excludes halogenated alkanes) is 2. The van der Waals surface area contributed by atoms with Crippen LogP contribution in [0.3, 0.4) is 0 Å². The maximum Gasteiger partial charge on any atom is 0.00497 e. The molecule has 1 aromatic carbocycles. The van der Waals surface area contributed by atoms with E-state index in [1.54, 1.807) is 0 Å². The maximum atomic E-state index is 5.25. The average Bonchev–Trinajstić information content (AvgIpc) is 2.81. The van der Waals surface area contributed by atoms with Gasteiger partial charge in [-0.25, -0.2) is 0 Å². The first kappa shape index (κ1) is 34.4. The Kier molecular flexibility index (Phi) is 25.1. The summed E-state index contributed by atoms with van der Waals surface area (Å²) in [4.78, 5) is 0. The molecule has 0 bridgehead atoms. The van der Waals surface area contributed by atoms with Crippen LogP contribution in [0.1, 0.15) is 118 Å². The number of terminal acetylenes is 1. The van der Waals surface area contributed by atoms with E-state index in [2.05, 4.69) is 91.0 Å². The molecular weight excluding hydrogens is 384 g/mol. The summed E-state index contributed by atoms with van der Waals surface area (Å²) in [6, 6.07) is 6.37. The first-order chi connectivity index (χ1) is 15.2. The zero-order valence-electron chi connectivity index (χ0n) is 23.1. The second kappa shape index (κ2) is 23.4. The number of hydrogen-bond acceptors (Lipinski definition) is 0. The quantitative estimate of drug-likeness (QED) is 0.412. The Balaban J connectivity index is -0.000000384. The first-order valence-corrected chi connectivity index (χ1v) is 12.4. The summed E-state index contributed by atoms with van der Waals surface area (Å²) in [6.45, 7) is 28.8. The van der Waals surface area contributed by atoms with Gasteiger partial charge in [0.05, 0.1) is 0 Å². The molecule has 32 heavy (non-hydrogen) atoms. The predicted molar refractivity (Wildman–Crippen MR) is 153 cm³/mol. The molecule has 0 amide bonds. The molecule has 0 aromatic heterocycles. The number of rotatable bonds is 4. The Morgan fingerprint density at radius 3 is 1.72 bits per heavy atom. The van der Waals surface area contributed by atoms with E-state index in [9.17, 15) is 0 Å². The van der Waals surface area contributed by atoms with E-state index in [4.69, 9.17) is 6.42 Å². The van der Waals surface area contributed by atoms with E-state index in [0.29, 0.717) is 0 Å². The zero-order chi connectivity index (χ0) is 25.5. The van der Waals surface area contributed by atoms with Crippen LogP contribution in [0.15, 0.2) is 54.7 Å². The van der Waals surface area contributed by atoms with Crippen LogP contribution in [0.5, 0.6) is 0 Å². The normalized spacial score (nSPS) is 11.0. The first-order valence-electron chi connectivity index (χ1n) is 12.4. The van der Waals surface area contributed by atoms with Gasteiger partial charge in [0.15, 0.2) is 0 Å². The van der Waals surface area contributed by atoms with Crippen molar-refractivity contribution in [2.45, 2.75) is 108 Å². The Morgan fingerprint density at radius 2 is 1.41 bits per heavy atom. The summed E-state index contributed by atoms with van der Waals surface area (Å²) in [5, 5.41) is 0. The van der Waals surface area contributed by atoms with Crippen molar-refractivity contribution in [1.29, 1.82) is 0 Å². The summed E-state index contributed by atoms with van der Waals surface area (Å²) in [5.74, 6) is 2.68. The van der Waals surface area contributed by atoms with Crippen LogP contribution in [0.25, 0.3) is 11.1 Å². The highest BCUT2D eigenvalue weighted by Crippen LogP contribution is 2.21. The minimum Gasteiger partial charge on any atom is -0.115 e. The average molecular weight is 437 g/mol. The van der Waals surface area contributed by atoms with Crippen molar-refractivity contribution in [2.75, 3.05) is 0 Å². The summed E-state index contributed by atoms with van der Waals surface area (Å²) in [6.07, 6.45) is 17.0. The van der Waals surface area contributed by atoms with Crippen LogP contribution in [0.2, 0.25) is 0 Å². The Morgan fingerprint density at radius 1 is 0.906 bits per heavy atom. The topological polar surface area (TPSA) is 0 Å². The third-order valence-electron chi connectivity index (χ3n) is 4.77. The lowest BCUT2D eigenvalue weighted by Gasteiger charge is -2.08. The van der Waals surface area contributed by atoms with E-state index in [1.807, 2.05) is 27.7 Å². The SMILES string of the molecule is C#CC1=C(C)C=CCC1.C=C(C)c1ccc(C)c(C(=C)C)c1.CC.CCCC.CCCC. The van der Waals surface area contributed by atoms with Crippen LogP contribution < -0.4 is 0 Å². The monoisotopic (exact) mass is 436 g/mol. The summed E-state index contributed by atoms with van der Waals surface area (Å²) < 4.78 is 0. The highest BCUT2D eigenvalue weighted by Gasteiger charge is 2.01. The van der Waals surface area contributed by atoms with Crippen molar-refractivity contribution in [2.24, 2.45) is 0 Å². The van der Waals surface area contributed by atoms with Crippen molar-refractivity contribution >= 4 is 11.1 Å². The van der Waals surface area contributed by atoms with Gasteiger partial charge < -0.3 is 0 Å². The van der Waals surface area contributed by atoms with Crippen LogP contribution in [0.4, 0.5) is 0 Å². The predicted octanol–water partition coefficient (Wildman–Crippen LogP) is 11.0. The lowest BCUT2D eigenvalue weighted by atomic mass is 9.98. The van der Waals surface area contributed by atoms with Gasteiger partial charge >= 0.3 is 0 Å². The fraction of sp³-hybridized carbons (Fsp3) is 0.500. The van der Waals surface area contributed by atoms with Gasteiger partial charge in [0.1, 0.15) is 0 Å². The Hall–Kier alpha value is -2.26. The molecule has 1 aromatic rings. The fourth-order valence-electron chi connectivity index (χ4n) is 2.32. The summed E-state index contributed by atoms with van der Waals surface area (Å²) in [7, 11) is 0. The van der Waals surface area contributed by atoms with Gasteiger partial charge in [-0.2, -0.15) is 0 Å². The lowest BCUT2D eigenvalue weighted by Crippen LogP contribution is -1.88. The molecule has 0 unspecified atom stereocenters. The van der Waals surface area contributed by atoms with Crippen LogP contribution in [-0.4, -0.2) is 0 Å². The summed E-state index contributed by atoms with van der Waals surface area (Å²) >= 11 is 0. The molecule has 0 aliphatic heterocycles. The third-order valence-corrected chi connectivity index (χ3v) is 4.77. The van der Waals surface area contributed by atoms with Crippen LogP contribution in [0, 0.1) is 19.3 Å².